The van der Waals surface area contributed by atoms with Crippen molar-refractivity contribution in [3.05, 3.63) is 0 Å². The number of nitrogens with two attached hydrogens (primary N) is 1. The number of carbonyl (C=O) groups is 1. The van der Waals surface area contributed by atoms with Crippen molar-refractivity contribution < 1.29 is 4.79 Å². The van der Waals surface area contributed by atoms with Crippen LogP contribution in [0.25, 0.3) is 0 Å². The Kier molecular flexibility index (Phi) is 3.24. The molecular weight excluding hydrogens is 200 g/mol. The number of piperidine rings is 1. The fourth-order valence-corrected chi connectivity index (χ4v) is 3.25. The average molecular weight is 224 g/mol. The molecule has 16 heavy (non-hydrogen) atoms. The first-order valence-electron chi connectivity index (χ1n) is 6.57. The summed E-state index contributed by atoms with van der Waals surface area (Å²) in [5.41, 5.74) is 5.62. The standard InChI is InChI=1S/C13H24N2O/c1-10-3-5-15(6-4-10)12(16)13(9-14)7-11(2)8-13/h10-11H,3-9,14H2,1-2H3. The van der Waals surface area contributed by atoms with Crippen molar-refractivity contribution in [3.8, 4) is 0 Å². The zero-order chi connectivity index (χ0) is 11.8. The third-order valence-electron chi connectivity index (χ3n) is 4.39. The van der Waals surface area contributed by atoms with E-state index in [-0.39, 0.29) is 5.41 Å². The van der Waals surface area contributed by atoms with Gasteiger partial charge in [0.1, 0.15) is 0 Å². The molecule has 1 heterocycles. The molecule has 0 aromatic heterocycles. The van der Waals surface area contributed by atoms with Crippen LogP contribution in [-0.4, -0.2) is 30.4 Å². The fourth-order valence-electron chi connectivity index (χ4n) is 3.25. The van der Waals surface area contributed by atoms with Gasteiger partial charge in [0.15, 0.2) is 0 Å². The molecule has 0 spiro atoms. The second-order valence-electron chi connectivity index (χ2n) is 5.97. The monoisotopic (exact) mass is 224 g/mol. The van der Waals surface area contributed by atoms with Crippen LogP contribution in [0.4, 0.5) is 0 Å². The van der Waals surface area contributed by atoms with Crippen molar-refractivity contribution in [1.29, 1.82) is 0 Å². The molecule has 0 bridgehead atoms. The smallest absolute Gasteiger partial charge is 0.230 e. The molecule has 0 aromatic rings. The number of hydrogen-bond donors (Lipinski definition) is 1. The summed E-state index contributed by atoms with van der Waals surface area (Å²) in [7, 11) is 0. The summed E-state index contributed by atoms with van der Waals surface area (Å²) in [4.78, 5) is 14.5. The maximum atomic E-state index is 12.4. The van der Waals surface area contributed by atoms with Gasteiger partial charge in [0.2, 0.25) is 5.91 Å². The van der Waals surface area contributed by atoms with Crippen LogP contribution in [0, 0.1) is 17.3 Å². The zero-order valence-corrected chi connectivity index (χ0v) is 10.5. The van der Waals surface area contributed by atoms with E-state index in [2.05, 4.69) is 18.7 Å². The average Bonchev–Trinajstić information content (AvgIpc) is 2.24. The molecular formula is C13H24N2O. The number of rotatable bonds is 2. The number of nitrogens with zero attached hydrogens (tertiary/aromatic N) is 1. The SMILES string of the molecule is CC1CCN(C(=O)C2(CN)CC(C)C2)CC1. The molecule has 1 aliphatic carbocycles. The van der Waals surface area contributed by atoms with Crippen LogP contribution in [0.3, 0.4) is 0 Å². The van der Waals surface area contributed by atoms with Crippen molar-refractivity contribution in [2.24, 2.45) is 23.0 Å². The van der Waals surface area contributed by atoms with Crippen LogP contribution in [0.1, 0.15) is 39.5 Å². The van der Waals surface area contributed by atoms with Gasteiger partial charge in [-0.25, -0.2) is 0 Å². The van der Waals surface area contributed by atoms with Gasteiger partial charge >= 0.3 is 0 Å². The molecule has 1 amide bonds. The minimum Gasteiger partial charge on any atom is -0.342 e. The molecule has 0 aromatic carbocycles. The highest BCUT2D eigenvalue weighted by molar-refractivity contribution is 5.84. The summed E-state index contributed by atoms with van der Waals surface area (Å²) < 4.78 is 0. The molecule has 2 fully saturated rings. The molecule has 0 radical (unpaired) electrons. The Bertz CT molecular complexity index is 263. The molecule has 3 nitrogen and oxygen atoms in total. The molecule has 1 saturated carbocycles. The summed E-state index contributed by atoms with van der Waals surface area (Å²) in [6, 6.07) is 0. The van der Waals surface area contributed by atoms with Crippen molar-refractivity contribution in [2.45, 2.75) is 39.5 Å². The van der Waals surface area contributed by atoms with E-state index in [1.165, 1.54) is 0 Å². The molecule has 2 rings (SSSR count). The van der Waals surface area contributed by atoms with Crippen LogP contribution >= 0.6 is 0 Å². The summed E-state index contributed by atoms with van der Waals surface area (Å²) >= 11 is 0. The molecule has 0 atom stereocenters. The van der Waals surface area contributed by atoms with Gasteiger partial charge in [-0.15, -0.1) is 0 Å². The Morgan fingerprint density at radius 2 is 1.81 bits per heavy atom. The fraction of sp³-hybridized carbons (Fsp3) is 0.923. The maximum absolute atomic E-state index is 12.4. The molecule has 0 unspecified atom stereocenters. The Labute approximate surface area is 98.4 Å². The van der Waals surface area contributed by atoms with Gasteiger partial charge in [-0.05, 0) is 37.5 Å². The van der Waals surface area contributed by atoms with Crippen LogP contribution in [0.2, 0.25) is 0 Å². The first-order chi connectivity index (χ1) is 7.57. The van der Waals surface area contributed by atoms with E-state index in [4.69, 9.17) is 5.73 Å². The minimum atomic E-state index is -0.194. The summed E-state index contributed by atoms with van der Waals surface area (Å²) in [6.45, 7) is 6.89. The van der Waals surface area contributed by atoms with Gasteiger partial charge in [-0.3, -0.25) is 4.79 Å². The second kappa shape index (κ2) is 4.36. The van der Waals surface area contributed by atoms with Gasteiger partial charge in [0.05, 0.1) is 5.41 Å². The predicted octanol–water partition coefficient (Wildman–Crippen LogP) is 1.62. The normalized spacial score (nSPS) is 35.9. The van der Waals surface area contributed by atoms with E-state index in [0.29, 0.717) is 18.4 Å². The molecule has 2 N–H and O–H groups in total. The summed E-state index contributed by atoms with van der Waals surface area (Å²) in [6.07, 6.45) is 4.30. The van der Waals surface area contributed by atoms with E-state index in [9.17, 15) is 4.79 Å². The van der Waals surface area contributed by atoms with E-state index >= 15 is 0 Å². The maximum Gasteiger partial charge on any atom is 0.230 e. The van der Waals surface area contributed by atoms with Gasteiger partial charge in [0.25, 0.3) is 0 Å². The number of amides is 1. The van der Waals surface area contributed by atoms with Crippen molar-refractivity contribution in [3.63, 3.8) is 0 Å². The van der Waals surface area contributed by atoms with Crippen molar-refractivity contribution in [2.75, 3.05) is 19.6 Å². The van der Waals surface area contributed by atoms with Crippen LogP contribution < -0.4 is 5.73 Å². The third-order valence-corrected chi connectivity index (χ3v) is 4.39. The first kappa shape index (κ1) is 11.9. The summed E-state index contributed by atoms with van der Waals surface area (Å²) in [5.74, 6) is 1.79. The van der Waals surface area contributed by atoms with Crippen molar-refractivity contribution in [1.82, 2.24) is 4.90 Å². The highest BCUT2D eigenvalue weighted by Gasteiger charge is 2.49. The Morgan fingerprint density at radius 1 is 1.25 bits per heavy atom. The molecule has 3 heteroatoms. The lowest BCUT2D eigenvalue weighted by molar-refractivity contribution is -0.151. The lowest BCUT2D eigenvalue weighted by Crippen LogP contribution is -2.55. The number of hydrogen-bond acceptors (Lipinski definition) is 2. The molecule has 1 saturated heterocycles. The highest BCUT2D eigenvalue weighted by Crippen LogP contribution is 2.46. The first-order valence-corrected chi connectivity index (χ1v) is 6.57. The third kappa shape index (κ3) is 1.97. The lowest BCUT2D eigenvalue weighted by atomic mass is 9.61. The molecule has 2 aliphatic rings. The van der Waals surface area contributed by atoms with Crippen LogP contribution in [-0.2, 0) is 4.79 Å². The second-order valence-corrected chi connectivity index (χ2v) is 5.97. The van der Waals surface area contributed by atoms with Gasteiger partial charge in [-0.1, -0.05) is 13.8 Å². The van der Waals surface area contributed by atoms with Crippen molar-refractivity contribution >= 4 is 5.91 Å². The Morgan fingerprint density at radius 3 is 2.25 bits per heavy atom. The van der Waals surface area contributed by atoms with Gasteiger partial charge in [0, 0.05) is 19.6 Å². The molecule has 1 aliphatic heterocycles. The quantitative estimate of drug-likeness (QED) is 0.774. The highest BCUT2D eigenvalue weighted by atomic mass is 16.2. The molecule has 92 valence electrons. The van der Waals surface area contributed by atoms with E-state index in [1.807, 2.05) is 0 Å². The zero-order valence-electron chi connectivity index (χ0n) is 10.5. The van der Waals surface area contributed by atoms with Gasteiger partial charge < -0.3 is 10.6 Å². The lowest BCUT2D eigenvalue weighted by Gasteiger charge is -2.47. The Hall–Kier alpha value is -0.570. The predicted molar refractivity (Wildman–Crippen MR) is 64.9 cm³/mol. The topological polar surface area (TPSA) is 46.3 Å². The van der Waals surface area contributed by atoms with E-state index < -0.39 is 0 Å². The van der Waals surface area contributed by atoms with Crippen LogP contribution in [0.5, 0.6) is 0 Å². The number of likely N-dealkylation sites (tertiary alicyclic amines) is 1. The van der Waals surface area contributed by atoms with E-state index in [0.717, 1.165) is 44.7 Å². The Balaban J connectivity index is 1.96. The van der Waals surface area contributed by atoms with Crippen LogP contribution in [0.15, 0.2) is 0 Å². The largest absolute Gasteiger partial charge is 0.342 e. The number of carbonyl (C=O) groups excluding carboxylic acids is 1. The summed E-state index contributed by atoms with van der Waals surface area (Å²) in [5, 5.41) is 0. The van der Waals surface area contributed by atoms with E-state index in [1.54, 1.807) is 0 Å². The van der Waals surface area contributed by atoms with Gasteiger partial charge in [-0.2, -0.15) is 0 Å². The minimum absolute atomic E-state index is 0.194.